The number of nitrogens with one attached hydrogen (secondary N) is 1. The van der Waals surface area contributed by atoms with E-state index in [1.165, 1.54) is 5.56 Å². The minimum atomic E-state index is -0.302. The topological polar surface area (TPSA) is 75.7 Å². The Hall–Kier alpha value is -3.93. The molecule has 0 aromatic heterocycles. The monoisotopic (exact) mass is 472 g/mol. The number of amides is 2. The number of benzene rings is 3. The first-order valence-corrected chi connectivity index (χ1v) is 11.9. The normalized spacial score (nSPS) is 10.4. The van der Waals surface area contributed by atoms with E-state index in [0.29, 0.717) is 30.8 Å². The first-order chi connectivity index (χ1) is 17.0. The second-order valence-corrected chi connectivity index (χ2v) is 8.40. The molecule has 0 aliphatic heterocycles. The fourth-order valence-corrected chi connectivity index (χ4v) is 3.70. The third kappa shape index (κ3) is 8.74. The van der Waals surface area contributed by atoms with Crippen molar-refractivity contribution < 1.29 is 19.1 Å². The van der Waals surface area contributed by atoms with Gasteiger partial charge in [0.1, 0.15) is 0 Å². The Morgan fingerprint density at radius 1 is 0.771 bits per heavy atom. The molecule has 0 spiro atoms. The number of aryl methyl sites for hydroxylation is 1. The number of carbonyl (C=O) groups excluding carboxylic acids is 3. The Morgan fingerprint density at radius 3 is 2.11 bits per heavy atom. The minimum absolute atomic E-state index is 0.168. The largest absolute Gasteiger partial charge is 0.466 e. The fourth-order valence-electron chi connectivity index (χ4n) is 3.70. The van der Waals surface area contributed by atoms with E-state index >= 15 is 0 Å². The Bertz CT molecular complexity index is 1100. The van der Waals surface area contributed by atoms with E-state index in [4.69, 9.17) is 4.74 Å². The summed E-state index contributed by atoms with van der Waals surface area (Å²) in [6.45, 7) is 0.835. The lowest BCUT2D eigenvalue weighted by Gasteiger charge is -2.19. The maximum atomic E-state index is 13.0. The van der Waals surface area contributed by atoms with Crippen molar-refractivity contribution in [2.75, 3.05) is 19.0 Å². The molecule has 0 aliphatic carbocycles. The van der Waals surface area contributed by atoms with Crippen LogP contribution >= 0.6 is 0 Å². The molecule has 0 fully saturated rings. The van der Waals surface area contributed by atoms with Crippen molar-refractivity contribution in [2.24, 2.45) is 0 Å². The molecule has 0 saturated carbocycles. The van der Waals surface area contributed by atoms with Crippen molar-refractivity contribution in [3.8, 4) is 0 Å². The molecule has 0 atom stereocenters. The van der Waals surface area contributed by atoms with Crippen LogP contribution in [0.3, 0.4) is 0 Å². The summed E-state index contributed by atoms with van der Waals surface area (Å²) in [5, 5.41) is 2.82. The SMILES string of the molecule is CN(Cc1ccccc1)C(=O)c1ccccc1NC(=O)CCCC(=O)OCCCc1ccccc1. The third-order valence-corrected chi connectivity index (χ3v) is 5.54. The van der Waals surface area contributed by atoms with Gasteiger partial charge in [-0.2, -0.15) is 0 Å². The standard InChI is InChI=1S/C29H32N2O4/c1-31(22-24-14-6-3-7-15-24)29(34)25-17-8-9-18-26(25)30-27(32)19-10-20-28(33)35-21-11-16-23-12-4-2-5-13-23/h2-9,12-15,17-18H,10-11,16,19-22H2,1H3,(H,30,32). The van der Waals surface area contributed by atoms with E-state index in [9.17, 15) is 14.4 Å². The van der Waals surface area contributed by atoms with Gasteiger partial charge in [-0.05, 0) is 42.5 Å². The van der Waals surface area contributed by atoms with E-state index in [0.717, 1.165) is 18.4 Å². The molecule has 0 aliphatic rings. The highest BCUT2D eigenvalue weighted by molar-refractivity contribution is 6.03. The fraction of sp³-hybridized carbons (Fsp3) is 0.276. The van der Waals surface area contributed by atoms with Gasteiger partial charge >= 0.3 is 5.97 Å². The second-order valence-electron chi connectivity index (χ2n) is 8.40. The van der Waals surface area contributed by atoms with Crippen molar-refractivity contribution in [3.63, 3.8) is 0 Å². The van der Waals surface area contributed by atoms with Crippen LogP contribution in [0.5, 0.6) is 0 Å². The molecule has 0 heterocycles. The van der Waals surface area contributed by atoms with Crippen LogP contribution in [0.15, 0.2) is 84.9 Å². The maximum Gasteiger partial charge on any atom is 0.305 e. The van der Waals surface area contributed by atoms with E-state index in [2.05, 4.69) is 5.32 Å². The Labute approximate surface area is 206 Å². The third-order valence-electron chi connectivity index (χ3n) is 5.54. The van der Waals surface area contributed by atoms with Crippen molar-refractivity contribution in [3.05, 3.63) is 102 Å². The summed E-state index contributed by atoms with van der Waals surface area (Å²) in [7, 11) is 1.74. The summed E-state index contributed by atoms with van der Waals surface area (Å²) < 4.78 is 5.27. The highest BCUT2D eigenvalue weighted by atomic mass is 16.5. The Kier molecular flexibility index (Phi) is 10.1. The van der Waals surface area contributed by atoms with Crippen LogP contribution < -0.4 is 5.32 Å². The average Bonchev–Trinajstić information content (AvgIpc) is 2.88. The van der Waals surface area contributed by atoms with Gasteiger partial charge in [0.25, 0.3) is 5.91 Å². The van der Waals surface area contributed by atoms with E-state index < -0.39 is 0 Å². The minimum Gasteiger partial charge on any atom is -0.466 e. The highest BCUT2D eigenvalue weighted by Crippen LogP contribution is 2.19. The van der Waals surface area contributed by atoms with Crippen LogP contribution in [-0.2, 0) is 27.3 Å². The quantitative estimate of drug-likeness (QED) is 0.289. The van der Waals surface area contributed by atoms with Crippen LogP contribution in [0.25, 0.3) is 0 Å². The highest BCUT2D eigenvalue weighted by Gasteiger charge is 2.17. The maximum absolute atomic E-state index is 13.0. The van der Waals surface area contributed by atoms with E-state index in [1.54, 1.807) is 36.2 Å². The molecule has 3 aromatic rings. The number of anilines is 1. The summed E-state index contributed by atoms with van der Waals surface area (Å²) in [6, 6.07) is 26.7. The van der Waals surface area contributed by atoms with Gasteiger partial charge in [-0.1, -0.05) is 72.8 Å². The van der Waals surface area contributed by atoms with Gasteiger partial charge in [-0.15, -0.1) is 0 Å². The lowest BCUT2D eigenvalue weighted by atomic mass is 10.1. The van der Waals surface area contributed by atoms with Crippen molar-refractivity contribution in [1.82, 2.24) is 4.90 Å². The number of para-hydroxylation sites is 1. The van der Waals surface area contributed by atoms with Crippen LogP contribution in [0.4, 0.5) is 5.69 Å². The zero-order valence-electron chi connectivity index (χ0n) is 20.1. The van der Waals surface area contributed by atoms with Crippen LogP contribution in [0.1, 0.15) is 47.2 Å². The van der Waals surface area contributed by atoms with Gasteiger partial charge in [0.05, 0.1) is 17.9 Å². The second kappa shape index (κ2) is 13.7. The first kappa shape index (κ1) is 25.7. The summed E-state index contributed by atoms with van der Waals surface area (Å²) in [5.74, 6) is -0.722. The van der Waals surface area contributed by atoms with Gasteiger partial charge < -0.3 is 15.0 Å². The number of hydrogen-bond donors (Lipinski definition) is 1. The number of ether oxygens (including phenoxy) is 1. The molecule has 1 N–H and O–H groups in total. The molecular formula is C29H32N2O4. The molecule has 6 nitrogen and oxygen atoms in total. The van der Waals surface area contributed by atoms with Gasteiger partial charge in [0.15, 0.2) is 0 Å². The summed E-state index contributed by atoms with van der Waals surface area (Å²) in [4.78, 5) is 39.0. The van der Waals surface area contributed by atoms with Gasteiger partial charge in [0, 0.05) is 26.4 Å². The predicted octanol–water partition coefficient (Wildman–Crippen LogP) is 5.24. The molecule has 6 heteroatoms. The predicted molar refractivity (Wildman–Crippen MR) is 137 cm³/mol. The molecule has 0 bridgehead atoms. The molecule has 182 valence electrons. The summed E-state index contributed by atoms with van der Waals surface area (Å²) in [6.07, 6.45) is 2.35. The van der Waals surface area contributed by atoms with Gasteiger partial charge in [0.2, 0.25) is 5.91 Å². The Balaban J connectivity index is 1.40. The zero-order chi connectivity index (χ0) is 24.9. The van der Waals surface area contributed by atoms with E-state index in [-0.39, 0.29) is 30.6 Å². The van der Waals surface area contributed by atoms with Crippen LogP contribution in [0, 0.1) is 0 Å². The zero-order valence-corrected chi connectivity index (χ0v) is 20.1. The number of nitrogens with zero attached hydrogens (tertiary/aromatic N) is 1. The van der Waals surface area contributed by atoms with Gasteiger partial charge in [-0.3, -0.25) is 14.4 Å². The molecule has 3 aromatic carbocycles. The van der Waals surface area contributed by atoms with Crippen LogP contribution in [0.2, 0.25) is 0 Å². The molecular weight excluding hydrogens is 440 g/mol. The number of esters is 1. The number of rotatable bonds is 12. The smallest absolute Gasteiger partial charge is 0.305 e. The molecule has 35 heavy (non-hydrogen) atoms. The van der Waals surface area contributed by atoms with E-state index in [1.807, 2.05) is 60.7 Å². The van der Waals surface area contributed by atoms with Crippen molar-refractivity contribution in [2.45, 2.75) is 38.6 Å². The summed E-state index contributed by atoms with van der Waals surface area (Å²) >= 11 is 0. The molecule has 2 amide bonds. The Morgan fingerprint density at radius 2 is 1.40 bits per heavy atom. The lowest BCUT2D eigenvalue weighted by Crippen LogP contribution is -2.27. The van der Waals surface area contributed by atoms with Crippen LogP contribution in [-0.4, -0.2) is 36.3 Å². The van der Waals surface area contributed by atoms with Crippen molar-refractivity contribution in [1.29, 1.82) is 0 Å². The molecule has 0 saturated heterocycles. The lowest BCUT2D eigenvalue weighted by molar-refractivity contribution is -0.143. The first-order valence-electron chi connectivity index (χ1n) is 11.9. The summed E-state index contributed by atoms with van der Waals surface area (Å²) in [5.41, 5.74) is 3.13. The molecule has 3 rings (SSSR count). The number of hydrogen-bond acceptors (Lipinski definition) is 4. The van der Waals surface area contributed by atoms with Gasteiger partial charge in [-0.25, -0.2) is 0 Å². The number of carbonyl (C=O) groups is 3. The van der Waals surface area contributed by atoms with Crippen molar-refractivity contribution >= 4 is 23.5 Å². The molecule has 0 radical (unpaired) electrons. The average molecular weight is 473 g/mol. The molecule has 0 unspecified atom stereocenters.